The van der Waals surface area contributed by atoms with Crippen LogP contribution >= 0.6 is 0 Å². The number of sulfone groups is 1. The van der Waals surface area contributed by atoms with E-state index in [1.54, 1.807) is 19.2 Å². The number of hydrogen-bond donors (Lipinski definition) is 1. The van der Waals surface area contributed by atoms with Gasteiger partial charge in [0.05, 0.1) is 13.7 Å². The number of benzene rings is 2. The molecule has 2 aromatic rings. The van der Waals surface area contributed by atoms with Gasteiger partial charge in [-0.1, -0.05) is 18.2 Å². The molecule has 6 heteroatoms. The largest absolute Gasteiger partial charge is 0.497 e. The first-order chi connectivity index (χ1) is 10.4. The van der Waals surface area contributed by atoms with Crippen molar-refractivity contribution >= 4 is 9.84 Å². The Labute approximate surface area is 130 Å². The summed E-state index contributed by atoms with van der Waals surface area (Å²) in [6, 6.07) is 11.9. The maximum atomic E-state index is 11.8. The van der Waals surface area contributed by atoms with Crippen molar-refractivity contribution in [1.82, 2.24) is 0 Å². The number of rotatable bonds is 6. The Morgan fingerprint density at radius 2 is 1.68 bits per heavy atom. The van der Waals surface area contributed by atoms with Crippen molar-refractivity contribution in [2.24, 2.45) is 0 Å². The van der Waals surface area contributed by atoms with Crippen LogP contribution in [0.15, 0.2) is 47.4 Å². The molecule has 0 atom stereocenters. The summed E-state index contributed by atoms with van der Waals surface area (Å²) in [5, 5.41) is 9.13. The number of methoxy groups -OCH3 is 1. The maximum Gasteiger partial charge on any atom is 0.179 e. The lowest BCUT2D eigenvalue weighted by Gasteiger charge is -2.12. The molecular weight excluding hydrogens is 304 g/mol. The fraction of sp³-hybridized carbons (Fsp3) is 0.250. The van der Waals surface area contributed by atoms with E-state index >= 15 is 0 Å². The molecule has 2 rings (SSSR count). The highest BCUT2D eigenvalue weighted by molar-refractivity contribution is 7.90. The zero-order chi connectivity index (χ0) is 16.2. The smallest absolute Gasteiger partial charge is 0.179 e. The van der Waals surface area contributed by atoms with Crippen LogP contribution in [0.3, 0.4) is 0 Å². The van der Waals surface area contributed by atoms with Crippen molar-refractivity contribution in [1.29, 1.82) is 0 Å². The van der Waals surface area contributed by atoms with Gasteiger partial charge in [-0.3, -0.25) is 0 Å². The molecule has 0 radical (unpaired) electrons. The van der Waals surface area contributed by atoms with Gasteiger partial charge in [-0.2, -0.15) is 0 Å². The van der Waals surface area contributed by atoms with Crippen LogP contribution < -0.4 is 9.47 Å². The molecule has 0 heterocycles. The molecule has 0 aliphatic heterocycles. The fourth-order valence-electron chi connectivity index (χ4n) is 1.94. The predicted octanol–water partition coefficient (Wildman–Crippen LogP) is 2.17. The number of ether oxygens (including phenoxy) is 2. The minimum Gasteiger partial charge on any atom is -0.497 e. The predicted molar refractivity (Wildman–Crippen MR) is 82.8 cm³/mol. The van der Waals surface area contributed by atoms with E-state index in [0.29, 0.717) is 5.56 Å². The van der Waals surface area contributed by atoms with Crippen molar-refractivity contribution in [2.45, 2.75) is 18.1 Å². The lowest BCUT2D eigenvalue weighted by molar-refractivity contribution is 0.279. The summed E-state index contributed by atoms with van der Waals surface area (Å²) < 4.78 is 34.4. The molecule has 1 N–H and O–H groups in total. The second-order valence-electron chi connectivity index (χ2n) is 4.85. The van der Waals surface area contributed by atoms with E-state index in [9.17, 15) is 8.42 Å². The molecular formula is C16H18O5S. The third kappa shape index (κ3) is 3.99. The molecule has 0 aliphatic rings. The number of aliphatic hydroxyl groups is 1. The Morgan fingerprint density at radius 1 is 1.05 bits per heavy atom. The van der Waals surface area contributed by atoms with Crippen molar-refractivity contribution in [3.63, 3.8) is 0 Å². The second-order valence-corrected chi connectivity index (χ2v) is 6.83. The van der Waals surface area contributed by atoms with Gasteiger partial charge in [-0.05, 0) is 35.4 Å². The summed E-state index contributed by atoms with van der Waals surface area (Å²) in [5.41, 5.74) is 1.42. The third-order valence-electron chi connectivity index (χ3n) is 3.14. The number of aliphatic hydroxyl groups excluding tert-OH is 1. The van der Waals surface area contributed by atoms with Crippen molar-refractivity contribution in [2.75, 3.05) is 13.4 Å². The van der Waals surface area contributed by atoms with Crippen molar-refractivity contribution < 1.29 is 23.0 Å². The van der Waals surface area contributed by atoms with Crippen LogP contribution in [-0.2, 0) is 23.1 Å². The molecule has 0 bridgehead atoms. The molecule has 22 heavy (non-hydrogen) atoms. The SMILES string of the molecule is COc1ccc(COc2ccc(CO)cc2S(C)(=O)=O)cc1. The summed E-state index contributed by atoms with van der Waals surface area (Å²) in [5.74, 6) is 1.02. The molecule has 0 aliphatic carbocycles. The zero-order valence-corrected chi connectivity index (χ0v) is 13.3. The van der Waals surface area contributed by atoms with E-state index in [0.717, 1.165) is 17.6 Å². The third-order valence-corrected chi connectivity index (χ3v) is 4.26. The average molecular weight is 322 g/mol. The van der Waals surface area contributed by atoms with Gasteiger partial charge in [0.15, 0.2) is 9.84 Å². The molecule has 0 saturated carbocycles. The summed E-state index contributed by atoms with van der Waals surface area (Å²) in [7, 11) is -1.85. The summed E-state index contributed by atoms with van der Waals surface area (Å²) in [6.45, 7) is 0.0201. The molecule has 0 aromatic heterocycles. The van der Waals surface area contributed by atoms with Gasteiger partial charge in [0.25, 0.3) is 0 Å². The van der Waals surface area contributed by atoms with E-state index < -0.39 is 9.84 Å². The first-order valence-electron chi connectivity index (χ1n) is 6.63. The molecule has 0 saturated heterocycles. The Hall–Kier alpha value is -2.05. The highest BCUT2D eigenvalue weighted by Gasteiger charge is 2.15. The number of hydrogen-bond acceptors (Lipinski definition) is 5. The van der Waals surface area contributed by atoms with Crippen LogP contribution in [0.2, 0.25) is 0 Å². The lowest BCUT2D eigenvalue weighted by Crippen LogP contribution is -2.04. The molecule has 2 aromatic carbocycles. The Kier molecular flexibility index (Phi) is 5.05. The van der Waals surface area contributed by atoms with Crippen molar-refractivity contribution in [3.05, 3.63) is 53.6 Å². The summed E-state index contributed by atoms with van der Waals surface area (Å²) in [6.07, 6.45) is 1.11. The van der Waals surface area contributed by atoms with Crippen LogP contribution in [0.1, 0.15) is 11.1 Å². The second kappa shape index (κ2) is 6.81. The first kappa shape index (κ1) is 16.3. The van der Waals surface area contributed by atoms with Gasteiger partial charge in [0, 0.05) is 6.26 Å². The minimum absolute atomic E-state index is 0.0764. The quantitative estimate of drug-likeness (QED) is 0.882. The van der Waals surface area contributed by atoms with Crippen LogP contribution in [0, 0.1) is 0 Å². The summed E-state index contributed by atoms with van der Waals surface area (Å²) >= 11 is 0. The van der Waals surface area contributed by atoms with E-state index in [2.05, 4.69) is 0 Å². The first-order valence-corrected chi connectivity index (χ1v) is 8.53. The molecule has 5 nitrogen and oxygen atoms in total. The topological polar surface area (TPSA) is 72.8 Å². The van der Waals surface area contributed by atoms with E-state index in [-0.39, 0.29) is 23.9 Å². The monoisotopic (exact) mass is 322 g/mol. The standard InChI is InChI=1S/C16H18O5S/c1-20-14-6-3-12(4-7-14)11-21-15-8-5-13(10-17)9-16(15)22(2,18)19/h3-9,17H,10-11H2,1-2H3. The average Bonchev–Trinajstić information content (AvgIpc) is 2.52. The van der Waals surface area contributed by atoms with Crippen LogP contribution in [0.5, 0.6) is 11.5 Å². The van der Waals surface area contributed by atoms with Crippen LogP contribution in [-0.4, -0.2) is 26.9 Å². The van der Waals surface area contributed by atoms with Gasteiger partial charge in [-0.25, -0.2) is 8.42 Å². The Balaban J connectivity index is 2.21. The van der Waals surface area contributed by atoms with Crippen LogP contribution in [0.4, 0.5) is 0 Å². The molecule has 0 unspecified atom stereocenters. The highest BCUT2D eigenvalue weighted by Crippen LogP contribution is 2.26. The minimum atomic E-state index is -3.44. The normalized spacial score (nSPS) is 11.2. The van der Waals surface area contributed by atoms with Crippen molar-refractivity contribution in [3.8, 4) is 11.5 Å². The lowest BCUT2D eigenvalue weighted by atomic mass is 10.2. The highest BCUT2D eigenvalue weighted by atomic mass is 32.2. The van der Waals surface area contributed by atoms with Gasteiger partial charge in [-0.15, -0.1) is 0 Å². The zero-order valence-electron chi connectivity index (χ0n) is 12.4. The molecule has 0 amide bonds. The molecule has 0 fully saturated rings. The van der Waals surface area contributed by atoms with Gasteiger partial charge >= 0.3 is 0 Å². The molecule has 0 spiro atoms. The molecule has 118 valence electrons. The van der Waals surface area contributed by atoms with Gasteiger partial charge in [0.2, 0.25) is 0 Å². The van der Waals surface area contributed by atoms with Gasteiger partial charge in [0.1, 0.15) is 23.0 Å². The van der Waals surface area contributed by atoms with E-state index in [1.807, 2.05) is 24.3 Å². The Morgan fingerprint density at radius 3 is 2.23 bits per heavy atom. The van der Waals surface area contributed by atoms with E-state index in [4.69, 9.17) is 14.6 Å². The van der Waals surface area contributed by atoms with E-state index in [1.165, 1.54) is 6.07 Å². The van der Waals surface area contributed by atoms with Crippen LogP contribution in [0.25, 0.3) is 0 Å². The van der Waals surface area contributed by atoms with Gasteiger partial charge < -0.3 is 14.6 Å². The Bertz CT molecular complexity index is 736. The maximum absolute atomic E-state index is 11.8. The fourth-order valence-corrected chi connectivity index (χ4v) is 2.80. The summed E-state index contributed by atoms with van der Waals surface area (Å²) in [4.78, 5) is 0.0764.